The van der Waals surface area contributed by atoms with Crippen LogP contribution in [0.5, 0.6) is 0 Å². The monoisotopic (exact) mass is 660 g/mol. The second-order valence-corrected chi connectivity index (χ2v) is 12.9. The lowest BCUT2D eigenvalue weighted by Gasteiger charge is -2.32. The number of rotatable bonds is 10. The minimum atomic E-state index is -4.93. The van der Waals surface area contributed by atoms with Gasteiger partial charge in [0, 0.05) is 24.7 Å². The molecule has 1 aromatic heterocycles. The van der Waals surface area contributed by atoms with Crippen LogP contribution >= 0.6 is 0 Å². The lowest BCUT2D eigenvalue weighted by molar-refractivity contribution is -0.143. The topological polar surface area (TPSA) is 87.5 Å². The van der Waals surface area contributed by atoms with E-state index >= 15 is 0 Å². The van der Waals surface area contributed by atoms with Crippen LogP contribution in [0.2, 0.25) is 0 Å². The van der Waals surface area contributed by atoms with Crippen molar-refractivity contribution in [2.24, 2.45) is 11.8 Å². The van der Waals surface area contributed by atoms with Gasteiger partial charge in [0.15, 0.2) is 5.69 Å². The van der Waals surface area contributed by atoms with Crippen LogP contribution in [0.1, 0.15) is 80.9 Å². The van der Waals surface area contributed by atoms with Crippen LogP contribution < -0.4 is 5.32 Å². The number of hydrogen-bond donors (Lipinski definition) is 2. The number of amides is 1. The number of carbonyl (C=O) groups is 2. The largest absolute Gasteiger partial charge is 0.478 e. The van der Waals surface area contributed by atoms with Crippen molar-refractivity contribution >= 4 is 17.4 Å². The number of benzene rings is 1. The van der Waals surface area contributed by atoms with Crippen molar-refractivity contribution < 1.29 is 27.9 Å². The van der Waals surface area contributed by atoms with E-state index in [2.05, 4.69) is 42.6 Å². The predicted octanol–water partition coefficient (Wildman–Crippen LogP) is 8.28. The highest BCUT2D eigenvalue weighted by Crippen LogP contribution is 2.39. The van der Waals surface area contributed by atoms with Gasteiger partial charge in [-0.1, -0.05) is 49.1 Å². The Hall–Kier alpha value is -4.60. The molecule has 0 radical (unpaired) electrons. The molecule has 2 heterocycles. The summed E-state index contributed by atoms with van der Waals surface area (Å²) in [5, 5.41) is 16.9. The summed E-state index contributed by atoms with van der Waals surface area (Å²) in [6.07, 6.45) is 9.31. The Balaban J connectivity index is 1.43. The Bertz CT molecular complexity index is 1730. The summed E-state index contributed by atoms with van der Waals surface area (Å²) in [4.78, 5) is 26.1. The van der Waals surface area contributed by atoms with Gasteiger partial charge in [-0.15, -0.1) is 0 Å². The summed E-state index contributed by atoms with van der Waals surface area (Å²) in [5.41, 5.74) is 4.35. The molecule has 254 valence electrons. The van der Waals surface area contributed by atoms with E-state index in [9.17, 15) is 27.9 Å². The number of halogens is 3. The smallest absolute Gasteiger partial charge is 0.434 e. The highest BCUT2D eigenvalue weighted by atomic mass is 19.4. The number of nitrogens with zero attached hydrogens (tertiary/aromatic N) is 3. The van der Waals surface area contributed by atoms with Gasteiger partial charge in [0.25, 0.3) is 0 Å². The molecule has 1 saturated heterocycles. The Labute approximate surface area is 279 Å². The molecule has 1 amide bonds. The minimum Gasteiger partial charge on any atom is -0.478 e. The number of piperidine rings is 1. The zero-order valence-electron chi connectivity index (χ0n) is 27.7. The molecule has 5 rings (SSSR count). The minimum absolute atomic E-state index is 0.0858. The van der Waals surface area contributed by atoms with E-state index in [4.69, 9.17) is 0 Å². The number of nitrogens with one attached hydrogen (secondary N) is 1. The third kappa shape index (κ3) is 7.42. The van der Waals surface area contributed by atoms with Crippen molar-refractivity contribution in [3.63, 3.8) is 0 Å². The first-order chi connectivity index (χ1) is 22.8. The van der Waals surface area contributed by atoms with Crippen LogP contribution in [0.4, 0.5) is 13.2 Å². The number of carboxylic acids is 1. The molecule has 0 bridgehead atoms. The molecule has 2 N–H and O–H groups in total. The second-order valence-electron chi connectivity index (χ2n) is 12.9. The van der Waals surface area contributed by atoms with Crippen molar-refractivity contribution in [2.45, 2.75) is 71.5 Å². The van der Waals surface area contributed by atoms with Crippen LogP contribution in [-0.4, -0.2) is 50.8 Å². The molecule has 1 aromatic carbocycles. The summed E-state index contributed by atoms with van der Waals surface area (Å²) in [6.45, 7) is 15.9. The zero-order valence-corrected chi connectivity index (χ0v) is 27.7. The first-order valence-corrected chi connectivity index (χ1v) is 16.4. The number of aromatic carboxylic acids is 1. The summed E-state index contributed by atoms with van der Waals surface area (Å²) < 4.78 is 42.6. The number of likely N-dealkylation sites (tertiary alicyclic amines) is 1. The van der Waals surface area contributed by atoms with E-state index in [-0.39, 0.29) is 17.6 Å². The molecule has 7 nitrogen and oxygen atoms in total. The maximum Gasteiger partial charge on any atom is 0.434 e. The molecule has 2 aliphatic carbocycles. The van der Waals surface area contributed by atoms with Crippen LogP contribution in [-0.2, 0) is 11.0 Å². The molecule has 0 spiro atoms. The van der Waals surface area contributed by atoms with Crippen LogP contribution in [0, 0.1) is 11.8 Å². The van der Waals surface area contributed by atoms with Crippen LogP contribution in [0.15, 0.2) is 95.9 Å². The van der Waals surface area contributed by atoms with Gasteiger partial charge in [0.1, 0.15) is 5.56 Å². The molecule has 1 unspecified atom stereocenters. The molecule has 1 atom stereocenters. The molecule has 3 aliphatic rings. The Kier molecular flexibility index (Phi) is 10.3. The maximum atomic E-state index is 14.0. The molecule has 3 fully saturated rings. The molecule has 10 heteroatoms. The van der Waals surface area contributed by atoms with Gasteiger partial charge in [-0.3, -0.25) is 4.79 Å². The van der Waals surface area contributed by atoms with E-state index in [0.29, 0.717) is 22.1 Å². The number of aromatic nitrogens is 2. The first kappa shape index (κ1) is 34.7. The predicted molar refractivity (Wildman–Crippen MR) is 181 cm³/mol. The Morgan fingerprint density at radius 2 is 1.77 bits per heavy atom. The number of hydrogen-bond acceptors (Lipinski definition) is 4. The van der Waals surface area contributed by atoms with E-state index in [1.807, 2.05) is 24.8 Å². The fourth-order valence-corrected chi connectivity index (χ4v) is 6.77. The van der Waals surface area contributed by atoms with Gasteiger partial charge in [-0.05, 0) is 111 Å². The maximum absolute atomic E-state index is 14.0. The SMILES string of the molecule is C=CC(=C1/C(=C\C)CCC1N/C(=C/C=C(\C)C1CCN(C(=O)C2CC2)CC1)C(=C)C)c1cccc(-n2ncc(C(=O)O)c2C(F)(F)F)c1. The quantitative estimate of drug-likeness (QED) is 0.251. The third-order valence-electron chi connectivity index (χ3n) is 9.59. The van der Waals surface area contributed by atoms with E-state index in [0.717, 1.165) is 85.8 Å². The molecule has 48 heavy (non-hydrogen) atoms. The Morgan fingerprint density at radius 1 is 1.06 bits per heavy atom. The van der Waals surface area contributed by atoms with Gasteiger partial charge in [0.2, 0.25) is 5.91 Å². The third-order valence-corrected chi connectivity index (χ3v) is 9.59. The normalized spacial score (nSPS) is 21.4. The van der Waals surface area contributed by atoms with Gasteiger partial charge >= 0.3 is 12.1 Å². The van der Waals surface area contributed by atoms with Crippen LogP contribution in [0.3, 0.4) is 0 Å². The fraction of sp³-hybridized carbons (Fsp3) is 0.395. The van der Waals surface area contributed by atoms with E-state index < -0.39 is 23.4 Å². The van der Waals surface area contributed by atoms with Crippen LogP contribution in [0.25, 0.3) is 11.3 Å². The lowest BCUT2D eigenvalue weighted by Crippen LogP contribution is -2.39. The second kappa shape index (κ2) is 14.3. The highest BCUT2D eigenvalue weighted by molar-refractivity contribution is 5.89. The summed E-state index contributed by atoms with van der Waals surface area (Å²) in [6, 6.07) is 6.36. The number of carbonyl (C=O) groups excluding carboxylic acids is 1. The number of allylic oxidation sites excluding steroid dienone is 7. The summed E-state index contributed by atoms with van der Waals surface area (Å²) in [5.74, 6) is -0.728. The average molecular weight is 661 g/mol. The van der Waals surface area contributed by atoms with Gasteiger partial charge < -0.3 is 15.3 Å². The van der Waals surface area contributed by atoms with Gasteiger partial charge in [-0.25, -0.2) is 9.48 Å². The summed E-state index contributed by atoms with van der Waals surface area (Å²) >= 11 is 0. The fourth-order valence-electron chi connectivity index (χ4n) is 6.77. The van der Waals surface area contributed by atoms with Crippen molar-refractivity contribution in [1.29, 1.82) is 0 Å². The van der Waals surface area contributed by atoms with Crippen molar-refractivity contribution in [3.05, 3.63) is 113 Å². The van der Waals surface area contributed by atoms with Crippen molar-refractivity contribution in [3.8, 4) is 5.69 Å². The molecular formula is C38H43F3N4O3. The lowest BCUT2D eigenvalue weighted by atomic mass is 9.89. The van der Waals surface area contributed by atoms with Crippen molar-refractivity contribution in [2.75, 3.05) is 13.1 Å². The average Bonchev–Trinajstić information content (AvgIpc) is 3.67. The Morgan fingerprint density at radius 3 is 2.35 bits per heavy atom. The molecular weight excluding hydrogens is 617 g/mol. The van der Waals surface area contributed by atoms with Crippen molar-refractivity contribution in [1.82, 2.24) is 20.0 Å². The van der Waals surface area contributed by atoms with E-state index in [1.54, 1.807) is 24.3 Å². The first-order valence-electron chi connectivity index (χ1n) is 16.4. The van der Waals surface area contributed by atoms with Gasteiger partial charge in [0.05, 0.1) is 17.9 Å². The highest BCUT2D eigenvalue weighted by Gasteiger charge is 2.41. The van der Waals surface area contributed by atoms with Gasteiger partial charge in [-0.2, -0.15) is 18.3 Å². The summed E-state index contributed by atoms with van der Waals surface area (Å²) in [7, 11) is 0. The number of alkyl halides is 3. The van der Waals surface area contributed by atoms with E-state index in [1.165, 1.54) is 11.6 Å². The molecule has 1 aliphatic heterocycles. The number of carboxylic acid groups (broad SMARTS) is 1. The standard InChI is InChI=1S/C38H43F3N4O3/c1-6-25-14-16-33(43-32(23(3)4)15-11-24(5)26-17-19-44(20-18-26)36(46)27-12-13-27)34(25)30(7-2)28-9-8-10-29(21-28)45-35(38(39,40)41)31(22-42-45)37(47)48/h6-11,15,21-22,26-27,33,43H,2-3,12-14,16-20H2,1,4-5H3,(H,47,48)/b24-11+,25-6-,32-15+,34-30?. The molecule has 2 aromatic rings. The molecule has 2 saturated carbocycles. The zero-order chi connectivity index (χ0) is 34.7.